The fraction of sp³-hybridized carbons (Fsp3) is 0.875. The van der Waals surface area contributed by atoms with Gasteiger partial charge in [0.05, 0.1) is 12.5 Å². The average Bonchev–Trinajstić information content (AvgIpc) is 1.96. The van der Waals surface area contributed by atoms with Crippen molar-refractivity contribution in [3.8, 4) is 0 Å². The molecule has 1 aliphatic heterocycles. The molecule has 0 spiro atoms. The number of aliphatic hydroxyl groups is 1. The van der Waals surface area contributed by atoms with Crippen molar-refractivity contribution < 1.29 is 14.6 Å². The summed E-state index contributed by atoms with van der Waals surface area (Å²) in [5, 5.41) is 9.35. The van der Waals surface area contributed by atoms with E-state index >= 15 is 0 Å². The molecule has 3 atom stereocenters. The second-order valence-electron chi connectivity index (χ2n) is 3.07. The summed E-state index contributed by atoms with van der Waals surface area (Å²) in [6.45, 7) is 3.86. The lowest BCUT2D eigenvalue weighted by Crippen LogP contribution is -2.40. The molecule has 3 nitrogen and oxygen atoms in total. The number of cyclic esters (lactones) is 1. The standard InChI is InChI=1S/C8H14O3/c1-3-7-5(2)6(9)4-8(10)11-7/h5-7,9H,3-4H2,1-2H3/t5-,6+,7-/m0/s1. The Kier molecular flexibility index (Phi) is 2.49. The number of rotatable bonds is 1. The van der Waals surface area contributed by atoms with E-state index in [0.717, 1.165) is 6.42 Å². The molecular formula is C8H14O3. The highest BCUT2D eigenvalue weighted by molar-refractivity contribution is 5.71. The maximum Gasteiger partial charge on any atom is 0.308 e. The molecule has 0 aromatic carbocycles. The van der Waals surface area contributed by atoms with Gasteiger partial charge in [-0.3, -0.25) is 4.79 Å². The van der Waals surface area contributed by atoms with Crippen LogP contribution in [0.1, 0.15) is 26.7 Å². The molecule has 0 radical (unpaired) electrons. The third kappa shape index (κ3) is 1.71. The van der Waals surface area contributed by atoms with Crippen LogP contribution in [0.15, 0.2) is 0 Å². The van der Waals surface area contributed by atoms with Crippen molar-refractivity contribution in [2.75, 3.05) is 0 Å². The van der Waals surface area contributed by atoms with E-state index in [1.807, 2.05) is 13.8 Å². The molecule has 1 aliphatic rings. The number of hydrogen-bond acceptors (Lipinski definition) is 3. The van der Waals surface area contributed by atoms with Gasteiger partial charge < -0.3 is 9.84 Å². The van der Waals surface area contributed by atoms with E-state index in [1.165, 1.54) is 0 Å². The molecule has 0 amide bonds. The topological polar surface area (TPSA) is 46.5 Å². The van der Waals surface area contributed by atoms with Crippen molar-refractivity contribution in [2.24, 2.45) is 5.92 Å². The molecule has 1 N–H and O–H groups in total. The van der Waals surface area contributed by atoms with E-state index in [2.05, 4.69) is 0 Å². The summed E-state index contributed by atoms with van der Waals surface area (Å²) in [6.07, 6.45) is 0.328. The molecule has 0 unspecified atom stereocenters. The lowest BCUT2D eigenvalue weighted by molar-refractivity contribution is -0.167. The molecule has 1 fully saturated rings. The van der Waals surface area contributed by atoms with Gasteiger partial charge in [-0.25, -0.2) is 0 Å². The van der Waals surface area contributed by atoms with Crippen LogP contribution in [0.4, 0.5) is 0 Å². The fourth-order valence-electron chi connectivity index (χ4n) is 1.38. The molecule has 64 valence electrons. The maximum atomic E-state index is 10.8. The van der Waals surface area contributed by atoms with E-state index in [4.69, 9.17) is 4.74 Å². The van der Waals surface area contributed by atoms with Gasteiger partial charge in [-0.2, -0.15) is 0 Å². The summed E-state index contributed by atoms with van der Waals surface area (Å²) in [4.78, 5) is 10.8. The Bertz CT molecular complexity index is 155. The van der Waals surface area contributed by atoms with Crippen molar-refractivity contribution in [1.29, 1.82) is 0 Å². The number of carbonyl (C=O) groups excluding carboxylic acids is 1. The van der Waals surface area contributed by atoms with Gasteiger partial charge in [0.2, 0.25) is 0 Å². The average molecular weight is 158 g/mol. The van der Waals surface area contributed by atoms with Gasteiger partial charge in [-0.05, 0) is 6.42 Å². The molecule has 0 saturated carbocycles. The lowest BCUT2D eigenvalue weighted by atomic mass is 9.92. The van der Waals surface area contributed by atoms with Crippen LogP contribution in [0.25, 0.3) is 0 Å². The number of aliphatic hydroxyl groups excluding tert-OH is 1. The Morgan fingerprint density at radius 2 is 2.36 bits per heavy atom. The Hall–Kier alpha value is -0.570. The van der Waals surface area contributed by atoms with Crippen LogP contribution in [-0.2, 0) is 9.53 Å². The largest absolute Gasteiger partial charge is 0.462 e. The number of hydrogen-bond donors (Lipinski definition) is 1. The first kappa shape index (κ1) is 8.53. The third-order valence-electron chi connectivity index (χ3n) is 2.25. The molecule has 1 rings (SSSR count). The zero-order valence-corrected chi connectivity index (χ0v) is 6.91. The van der Waals surface area contributed by atoms with Crippen molar-refractivity contribution >= 4 is 5.97 Å². The zero-order valence-electron chi connectivity index (χ0n) is 6.91. The van der Waals surface area contributed by atoms with Crippen LogP contribution in [0.5, 0.6) is 0 Å². The van der Waals surface area contributed by atoms with Crippen molar-refractivity contribution in [2.45, 2.75) is 38.9 Å². The Morgan fingerprint density at radius 1 is 1.73 bits per heavy atom. The number of esters is 1. The van der Waals surface area contributed by atoms with E-state index in [0.29, 0.717) is 0 Å². The van der Waals surface area contributed by atoms with Gasteiger partial charge in [-0.1, -0.05) is 13.8 Å². The van der Waals surface area contributed by atoms with Crippen molar-refractivity contribution in [3.05, 3.63) is 0 Å². The second-order valence-corrected chi connectivity index (χ2v) is 3.07. The van der Waals surface area contributed by atoms with Crippen LogP contribution in [0, 0.1) is 5.92 Å². The van der Waals surface area contributed by atoms with Gasteiger partial charge >= 0.3 is 5.97 Å². The Balaban J connectivity index is 2.58. The minimum atomic E-state index is -0.513. The molecule has 3 heteroatoms. The Morgan fingerprint density at radius 3 is 2.91 bits per heavy atom. The second kappa shape index (κ2) is 3.22. The van der Waals surface area contributed by atoms with Crippen LogP contribution < -0.4 is 0 Å². The zero-order chi connectivity index (χ0) is 8.43. The van der Waals surface area contributed by atoms with Gasteiger partial charge in [0.1, 0.15) is 6.10 Å². The molecule has 0 aliphatic carbocycles. The predicted octanol–water partition coefficient (Wildman–Crippen LogP) is 0.709. The molecule has 0 bridgehead atoms. The quantitative estimate of drug-likeness (QED) is 0.572. The summed E-state index contributed by atoms with van der Waals surface area (Å²) in [5.74, 6) is -0.194. The van der Waals surface area contributed by atoms with Gasteiger partial charge in [-0.15, -0.1) is 0 Å². The highest BCUT2D eigenvalue weighted by Crippen LogP contribution is 2.23. The smallest absolute Gasteiger partial charge is 0.308 e. The summed E-state index contributed by atoms with van der Waals surface area (Å²) in [6, 6.07) is 0. The van der Waals surface area contributed by atoms with E-state index < -0.39 is 6.10 Å². The fourth-order valence-corrected chi connectivity index (χ4v) is 1.38. The first-order chi connectivity index (χ1) is 5.15. The molecule has 1 heterocycles. The summed E-state index contributed by atoms with van der Waals surface area (Å²) in [7, 11) is 0. The molecule has 1 saturated heterocycles. The van der Waals surface area contributed by atoms with Crippen LogP contribution in [0.2, 0.25) is 0 Å². The van der Waals surface area contributed by atoms with Gasteiger partial charge in [0.25, 0.3) is 0 Å². The maximum absolute atomic E-state index is 10.8. The molecule has 0 aromatic rings. The minimum Gasteiger partial charge on any atom is -0.462 e. The summed E-state index contributed by atoms with van der Waals surface area (Å²) >= 11 is 0. The Labute approximate surface area is 66.4 Å². The summed E-state index contributed by atoms with van der Waals surface area (Å²) < 4.78 is 5.02. The lowest BCUT2D eigenvalue weighted by Gasteiger charge is -2.31. The monoisotopic (exact) mass is 158 g/mol. The third-order valence-corrected chi connectivity index (χ3v) is 2.25. The van der Waals surface area contributed by atoms with E-state index in [1.54, 1.807) is 0 Å². The highest BCUT2D eigenvalue weighted by atomic mass is 16.5. The van der Waals surface area contributed by atoms with Gasteiger partial charge in [0, 0.05) is 5.92 Å². The number of carbonyl (C=O) groups is 1. The predicted molar refractivity (Wildman–Crippen MR) is 40.0 cm³/mol. The van der Waals surface area contributed by atoms with Crippen LogP contribution >= 0.6 is 0 Å². The molecule has 11 heavy (non-hydrogen) atoms. The van der Waals surface area contributed by atoms with Crippen molar-refractivity contribution in [3.63, 3.8) is 0 Å². The molecular weight excluding hydrogens is 144 g/mol. The summed E-state index contributed by atoms with van der Waals surface area (Å²) in [5.41, 5.74) is 0. The van der Waals surface area contributed by atoms with Crippen molar-refractivity contribution in [1.82, 2.24) is 0 Å². The van der Waals surface area contributed by atoms with Crippen LogP contribution in [-0.4, -0.2) is 23.3 Å². The minimum absolute atomic E-state index is 0.0812. The van der Waals surface area contributed by atoms with E-state index in [-0.39, 0.29) is 24.4 Å². The first-order valence-corrected chi connectivity index (χ1v) is 4.02. The normalized spacial score (nSPS) is 38.5. The van der Waals surface area contributed by atoms with Crippen LogP contribution in [0.3, 0.4) is 0 Å². The first-order valence-electron chi connectivity index (χ1n) is 4.02. The van der Waals surface area contributed by atoms with E-state index in [9.17, 15) is 9.90 Å². The highest BCUT2D eigenvalue weighted by Gasteiger charge is 2.33. The SMILES string of the molecule is CC[C@@H]1OC(=O)C[C@@H](O)[C@@H]1C. The number of ether oxygens (including phenoxy) is 1. The van der Waals surface area contributed by atoms with Gasteiger partial charge in [0.15, 0.2) is 0 Å². The molecule has 0 aromatic heterocycles.